The molecule has 1 heterocycles. The van der Waals surface area contributed by atoms with Crippen molar-refractivity contribution < 1.29 is 4.79 Å². The van der Waals surface area contributed by atoms with E-state index in [1.807, 2.05) is 0 Å². The van der Waals surface area contributed by atoms with Gasteiger partial charge in [-0.1, -0.05) is 26.7 Å². The Morgan fingerprint density at radius 2 is 1.78 bits per heavy atom. The van der Waals surface area contributed by atoms with E-state index in [4.69, 9.17) is 0 Å². The summed E-state index contributed by atoms with van der Waals surface area (Å²) in [7, 11) is 0. The lowest BCUT2D eigenvalue weighted by molar-refractivity contribution is -0.132. The number of rotatable bonds is 2. The molecule has 0 aromatic carbocycles. The van der Waals surface area contributed by atoms with Gasteiger partial charge in [-0.3, -0.25) is 4.79 Å². The Kier molecular flexibility index (Phi) is 4.00. The first-order valence-corrected chi connectivity index (χ1v) is 7.46. The molecule has 0 aromatic rings. The van der Waals surface area contributed by atoms with Crippen molar-refractivity contribution in [3.05, 3.63) is 0 Å². The summed E-state index contributed by atoms with van der Waals surface area (Å²) >= 11 is 0. The van der Waals surface area contributed by atoms with Crippen molar-refractivity contribution in [1.82, 2.24) is 10.6 Å². The van der Waals surface area contributed by atoms with Gasteiger partial charge in [0.15, 0.2) is 0 Å². The smallest absolute Gasteiger partial charge is 0.224 e. The molecule has 2 fully saturated rings. The van der Waals surface area contributed by atoms with Crippen LogP contribution in [0, 0.1) is 11.3 Å². The number of hydrogen-bond donors (Lipinski definition) is 2. The van der Waals surface area contributed by atoms with Crippen LogP contribution in [0.3, 0.4) is 0 Å². The van der Waals surface area contributed by atoms with Crippen LogP contribution in [0.4, 0.5) is 0 Å². The first kappa shape index (κ1) is 13.9. The van der Waals surface area contributed by atoms with E-state index in [0.29, 0.717) is 5.91 Å². The molecule has 1 aliphatic heterocycles. The van der Waals surface area contributed by atoms with E-state index in [1.54, 1.807) is 0 Å². The molecule has 1 atom stereocenters. The number of amides is 1. The first-order valence-electron chi connectivity index (χ1n) is 7.46. The van der Waals surface area contributed by atoms with Gasteiger partial charge in [-0.25, -0.2) is 0 Å². The summed E-state index contributed by atoms with van der Waals surface area (Å²) in [6.45, 7) is 8.74. The highest BCUT2D eigenvalue weighted by atomic mass is 16.2. The maximum atomic E-state index is 12.6. The third kappa shape index (κ3) is 3.05. The minimum atomic E-state index is 0.00978. The standard InChI is InChI=1S/C15H28N2O/c1-14(2)7-5-4-6-12(14)13(18)17-15(3)8-10-16-11-9-15/h12,16H,4-11H2,1-3H3,(H,17,18). The van der Waals surface area contributed by atoms with Crippen molar-refractivity contribution in [2.24, 2.45) is 11.3 Å². The van der Waals surface area contributed by atoms with E-state index in [-0.39, 0.29) is 16.9 Å². The Morgan fingerprint density at radius 3 is 2.39 bits per heavy atom. The van der Waals surface area contributed by atoms with Crippen LogP contribution in [0.5, 0.6) is 0 Å². The van der Waals surface area contributed by atoms with Gasteiger partial charge >= 0.3 is 0 Å². The van der Waals surface area contributed by atoms with E-state index in [1.165, 1.54) is 19.3 Å². The molecule has 1 saturated carbocycles. The van der Waals surface area contributed by atoms with Crippen LogP contribution in [0.25, 0.3) is 0 Å². The van der Waals surface area contributed by atoms with Crippen LogP contribution in [0.15, 0.2) is 0 Å². The number of nitrogens with one attached hydrogen (secondary N) is 2. The first-order chi connectivity index (χ1) is 8.43. The van der Waals surface area contributed by atoms with E-state index < -0.39 is 0 Å². The highest BCUT2D eigenvalue weighted by Gasteiger charge is 2.39. The van der Waals surface area contributed by atoms with Gasteiger partial charge in [0.05, 0.1) is 0 Å². The van der Waals surface area contributed by atoms with Crippen molar-refractivity contribution >= 4 is 5.91 Å². The summed E-state index contributed by atoms with van der Waals surface area (Å²) in [6.07, 6.45) is 6.83. The summed E-state index contributed by atoms with van der Waals surface area (Å²) in [6, 6.07) is 0. The lowest BCUT2D eigenvalue weighted by atomic mass is 9.68. The summed E-state index contributed by atoms with van der Waals surface area (Å²) in [5, 5.41) is 6.70. The van der Waals surface area contributed by atoms with E-state index in [0.717, 1.165) is 32.4 Å². The number of hydrogen-bond acceptors (Lipinski definition) is 2. The molecule has 0 radical (unpaired) electrons. The average Bonchev–Trinajstić information content (AvgIpc) is 2.28. The van der Waals surface area contributed by atoms with E-state index in [2.05, 4.69) is 31.4 Å². The summed E-state index contributed by atoms with van der Waals surface area (Å²) in [4.78, 5) is 12.6. The highest BCUT2D eigenvalue weighted by Crippen LogP contribution is 2.41. The molecule has 1 unspecified atom stereocenters. The van der Waals surface area contributed by atoms with Crippen molar-refractivity contribution in [3.63, 3.8) is 0 Å². The molecule has 0 aromatic heterocycles. The zero-order valence-corrected chi connectivity index (χ0v) is 12.1. The van der Waals surface area contributed by atoms with Crippen molar-refractivity contribution in [1.29, 1.82) is 0 Å². The van der Waals surface area contributed by atoms with Crippen molar-refractivity contribution in [2.45, 2.75) is 64.8 Å². The van der Waals surface area contributed by atoms with Crippen LogP contribution >= 0.6 is 0 Å². The molecule has 2 rings (SSSR count). The largest absolute Gasteiger partial charge is 0.351 e. The van der Waals surface area contributed by atoms with Crippen LogP contribution in [0.1, 0.15) is 59.3 Å². The molecule has 18 heavy (non-hydrogen) atoms. The molecule has 2 aliphatic rings. The summed E-state index contributed by atoms with van der Waals surface area (Å²) in [5.41, 5.74) is 0.182. The molecule has 0 bridgehead atoms. The van der Waals surface area contributed by atoms with Crippen LogP contribution in [-0.4, -0.2) is 24.5 Å². The lowest BCUT2D eigenvalue weighted by Crippen LogP contribution is -2.55. The van der Waals surface area contributed by atoms with Crippen molar-refractivity contribution in [2.75, 3.05) is 13.1 Å². The topological polar surface area (TPSA) is 41.1 Å². The Labute approximate surface area is 111 Å². The van der Waals surface area contributed by atoms with E-state index in [9.17, 15) is 4.79 Å². The zero-order valence-electron chi connectivity index (χ0n) is 12.1. The highest BCUT2D eigenvalue weighted by molar-refractivity contribution is 5.80. The SMILES string of the molecule is CC1(NC(=O)C2CCCCC2(C)C)CCNCC1. The van der Waals surface area contributed by atoms with Gasteiger partial charge in [0.1, 0.15) is 0 Å². The maximum absolute atomic E-state index is 12.6. The average molecular weight is 252 g/mol. The number of carbonyl (C=O) groups excluding carboxylic acids is 1. The van der Waals surface area contributed by atoms with Gasteiger partial charge in [0.25, 0.3) is 0 Å². The van der Waals surface area contributed by atoms with Gasteiger partial charge in [0.2, 0.25) is 5.91 Å². The molecular formula is C15H28N2O. The monoisotopic (exact) mass is 252 g/mol. The molecule has 3 heteroatoms. The van der Waals surface area contributed by atoms with Crippen LogP contribution in [0.2, 0.25) is 0 Å². The minimum absolute atomic E-state index is 0.00978. The minimum Gasteiger partial charge on any atom is -0.351 e. The second kappa shape index (κ2) is 5.20. The molecule has 0 spiro atoms. The van der Waals surface area contributed by atoms with Crippen molar-refractivity contribution in [3.8, 4) is 0 Å². The van der Waals surface area contributed by atoms with Gasteiger partial charge in [-0.15, -0.1) is 0 Å². The molecular weight excluding hydrogens is 224 g/mol. The third-order valence-electron chi connectivity index (χ3n) is 4.96. The normalized spacial score (nSPS) is 30.7. The fourth-order valence-electron chi connectivity index (χ4n) is 3.47. The molecule has 104 valence electrons. The molecule has 1 aliphatic carbocycles. The Bertz CT molecular complexity index is 306. The zero-order chi connectivity index (χ0) is 13.2. The fourth-order valence-corrected chi connectivity index (χ4v) is 3.47. The predicted molar refractivity (Wildman–Crippen MR) is 74.4 cm³/mol. The maximum Gasteiger partial charge on any atom is 0.224 e. The van der Waals surface area contributed by atoms with Gasteiger partial charge < -0.3 is 10.6 Å². The van der Waals surface area contributed by atoms with Crippen LogP contribution < -0.4 is 10.6 Å². The molecule has 2 N–H and O–H groups in total. The summed E-state index contributed by atoms with van der Waals surface area (Å²) in [5.74, 6) is 0.502. The Morgan fingerprint density at radius 1 is 1.11 bits per heavy atom. The van der Waals surface area contributed by atoms with Gasteiger partial charge in [-0.05, 0) is 51.1 Å². The fraction of sp³-hybridized carbons (Fsp3) is 0.933. The number of carbonyl (C=O) groups is 1. The van der Waals surface area contributed by atoms with E-state index >= 15 is 0 Å². The van der Waals surface area contributed by atoms with Crippen LogP contribution in [-0.2, 0) is 4.79 Å². The Balaban J connectivity index is 1.98. The quantitative estimate of drug-likeness (QED) is 0.792. The second-order valence-electron chi connectivity index (χ2n) is 7.09. The van der Waals surface area contributed by atoms with Gasteiger partial charge in [-0.2, -0.15) is 0 Å². The lowest BCUT2D eigenvalue weighted by Gasteiger charge is -2.41. The molecule has 3 nitrogen and oxygen atoms in total. The number of piperidine rings is 1. The third-order valence-corrected chi connectivity index (χ3v) is 4.96. The molecule has 1 saturated heterocycles. The molecule has 1 amide bonds. The Hall–Kier alpha value is -0.570. The summed E-state index contributed by atoms with van der Waals surface area (Å²) < 4.78 is 0. The predicted octanol–water partition coefficient (Wildman–Crippen LogP) is 2.46. The second-order valence-corrected chi connectivity index (χ2v) is 7.09. The van der Waals surface area contributed by atoms with Gasteiger partial charge in [0, 0.05) is 11.5 Å².